The van der Waals surface area contributed by atoms with Gasteiger partial charge in [0, 0.05) is 23.7 Å². The van der Waals surface area contributed by atoms with Gasteiger partial charge in [0.25, 0.3) is 0 Å². The van der Waals surface area contributed by atoms with E-state index in [0.29, 0.717) is 5.92 Å². The van der Waals surface area contributed by atoms with Crippen molar-refractivity contribution in [1.29, 1.82) is 0 Å². The highest BCUT2D eigenvalue weighted by molar-refractivity contribution is 5.84. The molecule has 5 heteroatoms. The van der Waals surface area contributed by atoms with Gasteiger partial charge in [-0.05, 0) is 63.2 Å². The summed E-state index contributed by atoms with van der Waals surface area (Å²) < 4.78 is 12.0. The van der Waals surface area contributed by atoms with E-state index in [2.05, 4.69) is 0 Å². The number of rotatable bonds is 1. The Morgan fingerprint density at radius 1 is 1.29 bits per heavy atom. The van der Waals surface area contributed by atoms with Gasteiger partial charge in [0.15, 0.2) is 0 Å². The second-order valence-electron chi connectivity index (χ2n) is 9.68. The van der Waals surface area contributed by atoms with Gasteiger partial charge < -0.3 is 19.4 Å². The van der Waals surface area contributed by atoms with E-state index in [-0.39, 0.29) is 28.8 Å². The number of hydrogen-bond acceptors (Lipinski definition) is 5. The SMILES string of the molecule is C[C@@]12CCCC3(OC1=O)[C@@H]1CC[C@@H]4C[C@]1(C[C@]41CO1)[C@@H](C(=O)[O-])[C@@H]32. The zero-order chi connectivity index (χ0) is 16.5. The van der Waals surface area contributed by atoms with Crippen LogP contribution in [-0.2, 0) is 19.1 Å². The van der Waals surface area contributed by atoms with Crippen molar-refractivity contribution in [2.24, 2.45) is 34.5 Å². The average molecular weight is 331 g/mol. The zero-order valence-electron chi connectivity index (χ0n) is 14.0. The van der Waals surface area contributed by atoms with Crippen LogP contribution in [0.4, 0.5) is 0 Å². The van der Waals surface area contributed by atoms with Crippen molar-refractivity contribution in [1.82, 2.24) is 0 Å². The Morgan fingerprint density at radius 2 is 2.08 bits per heavy atom. The molecular formula is C19H23O5-. The summed E-state index contributed by atoms with van der Waals surface area (Å²) in [7, 11) is 0. The molecule has 6 aliphatic rings. The summed E-state index contributed by atoms with van der Waals surface area (Å²) in [5.74, 6) is -1.25. The van der Waals surface area contributed by atoms with Crippen LogP contribution in [0.15, 0.2) is 0 Å². The second-order valence-corrected chi connectivity index (χ2v) is 9.68. The van der Waals surface area contributed by atoms with Gasteiger partial charge in [0.05, 0.1) is 17.6 Å². The van der Waals surface area contributed by atoms with Crippen LogP contribution in [0.2, 0.25) is 0 Å². The molecule has 2 spiro atoms. The first kappa shape index (κ1) is 14.1. The van der Waals surface area contributed by atoms with Gasteiger partial charge in [0.1, 0.15) is 5.60 Å². The molecule has 4 aliphatic carbocycles. The Kier molecular flexibility index (Phi) is 2.17. The van der Waals surface area contributed by atoms with E-state index in [1.807, 2.05) is 6.92 Å². The van der Waals surface area contributed by atoms with Crippen LogP contribution >= 0.6 is 0 Å². The van der Waals surface area contributed by atoms with Gasteiger partial charge in [-0.25, -0.2) is 0 Å². The van der Waals surface area contributed by atoms with Crippen molar-refractivity contribution in [3.8, 4) is 0 Å². The second kappa shape index (κ2) is 3.69. The fraction of sp³-hybridized carbons (Fsp3) is 0.895. The summed E-state index contributed by atoms with van der Waals surface area (Å²) in [5.41, 5.74) is -1.56. The van der Waals surface area contributed by atoms with Crippen molar-refractivity contribution in [3.63, 3.8) is 0 Å². The first-order valence-electron chi connectivity index (χ1n) is 9.46. The lowest BCUT2D eigenvalue weighted by atomic mass is 9.60. The fourth-order valence-electron chi connectivity index (χ4n) is 8.35. The van der Waals surface area contributed by atoms with E-state index in [1.54, 1.807) is 0 Å². The number of carboxylic acid groups (broad SMARTS) is 1. The largest absolute Gasteiger partial charge is 0.550 e. The average Bonchev–Trinajstić information content (AvgIpc) is 3.16. The Morgan fingerprint density at radius 3 is 2.79 bits per heavy atom. The monoisotopic (exact) mass is 331 g/mol. The lowest BCUT2D eigenvalue weighted by molar-refractivity contribution is -0.318. The topological polar surface area (TPSA) is 79.0 Å². The number of fused-ring (bicyclic) bond motifs is 2. The molecule has 0 radical (unpaired) electrons. The van der Waals surface area contributed by atoms with E-state index in [4.69, 9.17) is 9.47 Å². The molecule has 0 amide bonds. The van der Waals surface area contributed by atoms with Crippen molar-refractivity contribution < 1.29 is 24.2 Å². The third-order valence-corrected chi connectivity index (χ3v) is 9.03. The van der Waals surface area contributed by atoms with Gasteiger partial charge >= 0.3 is 5.97 Å². The van der Waals surface area contributed by atoms with Crippen molar-refractivity contribution >= 4 is 11.9 Å². The molecule has 6 fully saturated rings. The predicted molar refractivity (Wildman–Crippen MR) is 79.3 cm³/mol. The number of hydrogen-bond donors (Lipinski definition) is 0. The van der Waals surface area contributed by atoms with Crippen LogP contribution in [-0.4, -0.2) is 29.7 Å². The molecular weight excluding hydrogens is 308 g/mol. The molecule has 4 bridgehead atoms. The summed E-state index contributed by atoms with van der Waals surface area (Å²) in [6.07, 6.45) is 6.33. The summed E-state index contributed by atoms with van der Waals surface area (Å²) in [6.45, 7) is 2.72. The molecule has 0 aromatic heterocycles. The van der Waals surface area contributed by atoms with Crippen molar-refractivity contribution in [2.75, 3.05) is 6.61 Å². The lowest BCUT2D eigenvalue weighted by Crippen LogP contribution is -2.49. The maximum absolute atomic E-state index is 12.7. The number of esters is 1. The highest BCUT2D eigenvalue weighted by Gasteiger charge is 2.83. The molecule has 2 saturated heterocycles. The van der Waals surface area contributed by atoms with Gasteiger partial charge in [-0.2, -0.15) is 0 Å². The van der Waals surface area contributed by atoms with Crippen molar-refractivity contribution in [3.05, 3.63) is 0 Å². The van der Waals surface area contributed by atoms with Gasteiger partial charge in [-0.15, -0.1) is 0 Å². The molecule has 1 unspecified atom stereocenters. The van der Waals surface area contributed by atoms with E-state index in [0.717, 1.165) is 51.6 Å². The highest BCUT2D eigenvalue weighted by atomic mass is 16.6. The van der Waals surface area contributed by atoms with E-state index < -0.39 is 22.9 Å². The standard InChI is InChI=1S/C19H24O5/c1-16-5-2-6-19(24-15(16)22)11-4-3-10-7-17(11,8-18(10)9-23-18)12(13(16)19)14(20)21/h10-13H,2-9H2,1H3,(H,20,21)/p-1/t10-,11-,12-,13-,16+,17-,18+,19?/m1/s1. The van der Waals surface area contributed by atoms with E-state index in [9.17, 15) is 14.7 Å². The number of aliphatic carboxylic acids is 1. The van der Waals surface area contributed by atoms with Gasteiger partial charge in [0.2, 0.25) is 0 Å². The molecule has 2 aliphatic heterocycles. The number of carboxylic acids is 1. The Labute approximate surface area is 141 Å². The maximum Gasteiger partial charge on any atom is 0.312 e. The lowest BCUT2D eigenvalue weighted by Gasteiger charge is -2.44. The molecule has 5 nitrogen and oxygen atoms in total. The molecule has 0 aromatic carbocycles. The Bertz CT molecular complexity index is 683. The molecule has 6 rings (SSSR count). The number of carbonyl (C=O) groups is 2. The van der Waals surface area contributed by atoms with Crippen LogP contribution < -0.4 is 5.11 Å². The fourth-order valence-corrected chi connectivity index (χ4v) is 8.35. The summed E-state index contributed by atoms with van der Waals surface area (Å²) in [4.78, 5) is 25.1. The number of ether oxygens (including phenoxy) is 2. The normalized spacial score (nSPS) is 62.3. The highest BCUT2D eigenvalue weighted by Crippen LogP contribution is 2.79. The third-order valence-electron chi connectivity index (χ3n) is 9.03. The van der Waals surface area contributed by atoms with Crippen LogP contribution in [0.5, 0.6) is 0 Å². The van der Waals surface area contributed by atoms with Gasteiger partial charge in [-0.1, -0.05) is 0 Å². The molecule has 4 saturated carbocycles. The smallest absolute Gasteiger partial charge is 0.312 e. The summed E-state index contributed by atoms with van der Waals surface area (Å²) in [6, 6.07) is 0. The minimum atomic E-state index is -0.961. The maximum atomic E-state index is 12.7. The summed E-state index contributed by atoms with van der Waals surface area (Å²) >= 11 is 0. The van der Waals surface area contributed by atoms with E-state index >= 15 is 0 Å². The zero-order valence-corrected chi connectivity index (χ0v) is 14.0. The van der Waals surface area contributed by atoms with Crippen molar-refractivity contribution in [2.45, 2.75) is 63.1 Å². The van der Waals surface area contributed by atoms with Crippen LogP contribution in [0.1, 0.15) is 51.9 Å². The van der Waals surface area contributed by atoms with Crippen LogP contribution in [0.3, 0.4) is 0 Å². The van der Waals surface area contributed by atoms with Gasteiger partial charge in [-0.3, -0.25) is 4.79 Å². The van der Waals surface area contributed by atoms with Crippen LogP contribution in [0, 0.1) is 34.5 Å². The molecule has 2 heterocycles. The third kappa shape index (κ3) is 1.20. The van der Waals surface area contributed by atoms with Crippen LogP contribution in [0.25, 0.3) is 0 Å². The Hall–Kier alpha value is -1.10. The molecule has 8 atom stereocenters. The minimum absolute atomic E-state index is 0.0727. The first-order valence-corrected chi connectivity index (χ1v) is 9.46. The number of carbonyl (C=O) groups excluding carboxylic acids is 2. The predicted octanol–water partition coefficient (Wildman–Crippen LogP) is 1.04. The Balaban J connectivity index is 1.58. The molecule has 130 valence electrons. The summed E-state index contributed by atoms with van der Waals surface area (Å²) in [5, 5.41) is 12.4. The number of epoxide rings is 1. The molecule has 0 aromatic rings. The molecule has 0 N–H and O–H groups in total. The molecule has 24 heavy (non-hydrogen) atoms. The minimum Gasteiger partial charge on any atom is -0.550 e. The quantitative estimate of drug-likeness (QED) is 0.530. The first-order chi connectivity index (χ1) is 11.4. The van der Waals surface area contributed by atoms with E-state index in [1.165, 1.54) is 0 Å².